The highest BCUT2D eigenvalue weighted by Crippen LogP contribution is 2.40. The monoisotopic (exact) mass is 480 g/mol. The van der Waals surface area contributed by atoms with Crippen LogP contribution in [0.2, 0.25) is 0 Å². The zero-order valence-corrected chi connectivity index (χ0v) is 21.8. The molecule has 0 radical (unpaired) electrons. The average Bonchev–Trinajstić information content (AvgIpc) is 2.62. The zero-order valence-electron chi connectivity index (χ0n) is 20.2. The van der Waals surface area contributed by atoms with Crippen molar-refractivity contribution >= 4 is 19.7 Å². The number of nitrogens with one attached hydrogen (secondary N) is 1. The van der Waals surface area contributed by atoms with Gasteiger partial charge in [-0.2, -0.15) is 0 Å². The van der Waals surface area contributed by atoms with Crippen LogP contribution in [-0.2, 0) is 19.7 Å². The maximum absolute atomic E-state index is 14.1. The lowest BCUT2D eigenvalue weighted by Gasteiger charge is -2.32. The van der Waals surface area contributed by atoms with Crippen molar-refractivity contribution in [3.05, 3.63) is 57.6 Å². The molecule has 0 spiro atoms. The van der Waals surface area contributed by atoms with Crippen LogP contribution >= 0.6 is 0 Å². The first-order valence-electron chi connectivity index (χ1n) is 10.8. The molecule has 0 bridgehead atoms. The minimum atomic E-state index is -4.45. The third-order valence-corrected chi connectivity index (χ3v) is 11.7. The molecule has 0 aromatic heterocycles. The minimum absolute atomic E-state index is 0.0000403. The molecule has 0 aliphatic carbocycles. The lowest BCUT2D eigenvalue weighted by atomic mass is 10.1. The van der Waals surface area contributed by atoms with Gasteiger partial charge in [0, 0.05) is 0 Å². The van der Waals surface area contributed by atoms with Crippen LogP contribution in [0.1, 0.15) is 53.1 Å². The molecular formula is C24H36N2O4S2. The van der Waals surface area contributed by atoms with E-state index < -0.39 is 23.9 Å². The molecule has 0 saturated carbocycles. The van der Waals surface area contributed by atoms with Crippen molar-refractivity contribution in [2.75, 3.05) is 13.1 Å². The van der Waals surface area contributed by atoms with E-state index >= 15 is 0 Å². The van der Waals surface area contributed by atoms with Gasteiger partial charge >= 0.3 is 0 Å². The van der Waals surface area contributed by atoms with Crippen molar-refractivity contribution in [3.63, 3.8) is 0 Å². The van der Waals surface area contributed by atoms with Crippen LogP contribution in [0.25, 0.3) is 0 Å². The van der Waals surface area contributed by atoms with Gasteiger partial charge in [0.1, 0.15) is 0 Å². The van der Waals surface area contributed by atoms with E-state index in [1.165, 1.54) is 0 Å². The molecule has 2 aromatic rings. The van der Waals surface area contributed by atoms with E-state index in [1.807, 2.05) is 20.8 Å². The SMILES string of the molecule is CCNCCCC(N)(S(=O)(=O)c1c(C)cc(C)cc1C)S(=O)(=O)c1c(C)cc(C)cc1C. The van der Waals surface area contributed by atoms with E-state index in [1.54, 1.807) is 52.0 Å². The second kappa shape index (κ2) is 9.63. The smallest absolute Gasteiger partial charge is 0.230 e. The van der Waals surface area contributed by atoms with Crippen molar-refractivity contribution in [1.29, 1.82) is 0 Å². The first-order valence-corrected chi connectivity index (χ1v) is 13.8. The van der Waals surface area contributed by atoms with E-state index in [4.69, 9.17) is 5.73 Å². The van der Waals surface area contributed by atoms with E-state index in [0.717, 1.165) is 11.1 Å². The predicted molar refractivity (Wildman–Crippen MR) is 130 cm³/mol. The highest BCUT2D eigenvalue weighted by Gasteiger charge is 2.54. The lowest BCUT2D eigenvalue weighted by Crippen LogP contribution is -2.55. The third-order valence-electron chi connectivity index (χ3n) is 5.79. The number of nitrogens with two attached hydrogens (primary N) is 1. The Morgan fingerprint density at radius 2 is 1.09 bits per heavy atom. The number of sulfone groups is 2. The number of aryl methyl sites for hydroxylation is 6. The van der Waals surface area contributed by atoms with Crippen LogP contribution in [0, 0.1) is 41.5 Å². The van der Waals surface area contributed by atoms with Crippen LogP contribution in [0.4, 0.5) is 0 Å². The summed E-state index contributed by atoms with van der Waals surface area (Å²) in [6, 6.07) is 6.98. The topological polar surface area (TPSA) is 106 Å². The second-order valence-corrected chi connectivity index (χ2v) is 13.3. The average molecular weight is 481 g/mol. The molecule has 2 aromatic carbocycles. The molecule has 32 heavy (non-hydrogen) atoms. The van der Waals surface area contributed by atoms with Gasteiger partial charge in [-0.1, -0.05) is 42.3 Å². The second-order valence-electron chi connectivity index (χ2n) is 8.73. The molecule has 3 N–H and O–H groups in total. The highest BCUT2D eigenvalue weighted by atomic mass is 32.3. The van der Waals surface area contributed by atoms with Gasteiger partial charge in [0.25, 0.3) is 0 Å². The summed E-state index contributed by atoms with van der Waals surface area (Å²) < 4.78 is 53.7. The summed E-state index contributed by atoms with van der Waals surface area (Å²) >= 11 is 0. The van der Waals surface area contributed by atoms with E-state index in [2.05, 4.69) is 5.32 Å². The van der Waals surface area contributed by atoms with Gasteiger partial charge < -0.3 is 5.32 Å². The molecule has 0 amide bonds. The fourth-order valence-corrected chi connectivity index (χ4v) is 9.68. The van der Waals surface area contributed by atoms with Crippen molar-refractivity contribution < 1.29 is 16.8 Å². The van der Waals surface area contributed by atoms with E-state index in [9.17, 15) is 16.8 Å². The summed E-state index contributed by atoms with van der Waals surface area (Å²) in [7, 11) is -8.91. The van der Waals surface area contributed by atoms with Crippen LogP contribution in [0.3, 0.4) is 0 Å². The van der Waals surface area contributed by atoms with Crippen molar-refractivity contribution in [1.82, 2.24) is 5.32 Å². The molecule has 0 aliphatic heterocycles. The van der Waals surface area contributed by atoms with Gasteiger partial charge in [0.05, 0.1) is 9.79 Å². The van der Waals surface area contributed by atoms with E-state index in [-0.39, 0.29) is 16.2 Å². The predicted octanol–water partition coefficient (Wildman–Crippen LogP) is 3.79. The van der Waals surface area contributed by atoms with Gasteiger partial charge in [-0.05, 0) is 89.7 Å². The largest absolute Gasteiger partial charge is 0.317 e. The number of rotatable bonds is 9. The molecule has 0 heterocycles. The molecule has 2 rings (SSSR count). The van der Waals surface area contributed by atoms with Crippen LogP contribution in [0.15, 0.2) is 34.1 Å². The quantitative estimate of drug-likeness (QED) is 0.529. The van der Waals surface area contributed by atoms with Crippen LogP contribution in [0.5, 0.6) is 0 Å². The number of hydrogen-bond acceptors (Lipinski definition) is 6. The van der Waals surface area contributed by atoms with Crippen molar-refractivity contribution in [2.24, 2.45) is 5.73 Å². The normalized spacial score (nSPS) is 12.9. The fraction of sp³-hybridized carbons (Fsp3) is 0.500. The molecule has 8 heteroatoms. The Hall–Kier alpha value is -1.74. The molecule has 6 nitrogen and oxygen atoms in total. The zero-order chi connectivity index (χ0) is 24.5. The Balaban J connectivity index is 2.83. The summed E-state index contributed by atoms with van der Waals surface area (Å²) in [6.07, 6.45) is 0.0842. The third kappa shape index (κ3) is 4.64. The first-order chi connectivity index (χ1) is 14.7. The Bertz CT molecular complexity index is 1080. The van der Waals surface area contributed by atoms with Gasteiger partial charge in [-0.25, -0.2) is 16.8 Å². The molecule has 0 saturated heterocycles. The number of hydrogen-bond donors (Lipinski definition) is 2. The lowest BCUT2D eigenvalue weighted by molar-refractivity contribution is 0.512. The summed E-state index contributed by atoms with van der Waals surface area (Å²) in [6.45, 7) is 13.6. The van der Waals surface area contributed by atoms with Crippen molar-refractivity contribution in [3.8, 4) is 0 Å². The summed E-state index contributed by atoms with van der Waals surface area (Å²) in [5.41, 5.74) is 10.3. The molecule has 0 atom stereocenters. The van der Waals surface area contributed by atoms with Crippen molar-refractivity contribution in [2.45, 2.75) is 75.3 Å². The highest BCUT2D eigenvalue weighted by molar-refractivity contribution is 8.10. The Morgan fingerprint density at radius 1 is 0.750 bits per heavy atom. The standard InChI is InChI=1S/C24H36N2O4S2/c1-8-26-11-9-10-24(25,31(27,28)22-18(4)12-16(2)13-19(22)5)32(29,30)23-20(6)14-17(3)15-21(23)7/h12-15,26H,8-11,25H2,1-7H3. The van der Waals surface area contributed by atoms with Gasteiger partial charge in [-0.3, -0.25) is 5.73 Å². The Kier molecular flexibility index (Phi) is 7.98. The Morgan fingerprint density at radius 3 is 1.41 bits per heavy atom. The molecule has 0 fully saturated rings. The molecular weight excluding hydrogens is 444 g/mol. The maximum Gasteiger partial charge on any atom is 0.230 e. The Labute approximate surface area is 193 Å². The van der Waals surface area contributed by atoms with Gasteiger partial charge in [-0.15, -0.1) is 0 Å². The summed E-state index contributed by atoms with van der Waals surface area (Å²) in [5.74, 6) is 0. The van der Waals surface area contributed by atoms with Crippen LogP contribution in [-0.4, -0.2) is 34.1 Å². The molecule has 0 aliphatic rings. The van der Waals surface area contributed by atoms with E-state index in [0.29, 0.717) is 41.8 Å². The fourth-order valence-electron chi connectivity index (χ4n) is 4.58. The molecule has 0 unspecified atom stereocenters. The van der Waals surface area contributed by atoms with Crippen LogP contribution < -0.4 is 11.1 Å². The van der Waals surface area contributed by atoms with Gasteiger partial charge in [0.15, 0.2) is 0 Å². The van der Waals surface area contributed by atoms with Gasteiger partial charge in [0.2, 0.25) is 23.9 Å². The first kappa shape index (κ1) is 26.5. The summed E-state index contributed by atoms with van der Waals surface area (Å²) in [4.78, 5) is 0.0000806. The summed E-state index contributed by atoms with van der Waals surface area (Å²) in [5, 5.41) is 3.12. The minimum Gasteiger partial charge on any atom is -0.317 e. The molecule has 178 valence electrons. The maximum atomic E-state index is 14.1. The number of benzene rings is 2.